The summed E-state index contributed by atoms with van der Waals surface area (Å²) in [4.78, 5) is 83.0. The maximum Gasteiger partial charge on any atom is 0.333 e. The number of imide groups is 1. The Morgan fingerprint density at radius 1 is 0.943 bits per heavy atom. The number of hydrogen-bond acceptors (Lipinski definition) is 11. The Kier molecular flexibility index (Phi) is 14.7. The number of allylic oxidation sites excluding steroid dienone is 3. The molecule has 0 radical (unpaired) electrons. The normalized spacial score (nSPS) is 14.0. The van der Waals surface area contributed by atoms with Crippen LogP contribution in [0, 0.1) is 12.3 Å². The number of amides is 2. The number of unbranched alkanes of at least 4 members (excludes halogenated alkanes) is 2. The minimum Gasteiger partial charge on any atom is -0.494 e. The zero-order valence-corrected chi connectivity index (χ0v) is 32.0. The Balaban J connectivity index is 1.98. The maximum absolute atomic E-state index is 13.7. The molecule has 1 saturated heterocycles. The minimum atomic E-state index is -4.39. The van der Waals surface area contributed by atoms with Crippen LogP contribution < -0.4 is 16.1 Å². The van der Waals surface area contributed by atoms with Crippen molar-refractivity contribution in [2.45, 2.75) is 99.6 Å². The lowest BCUT2D eigenvalue weighted by Gasteiger charge is -2.22. The van der Waals surface area contributed by atoms with Crippen LogP contribution in [0.1, 0.15) is 96.3 Å². The second-order valence-corrected chi connectivity index (χ2v) is 15.4. The Bertz CT molecular complexity index is 1980. The summed E-state index contributed by atoms with van der Waals surface area (Å²) in [5, 5.41) is 11.8. The highest BCUT2D eigenvalue weighted by atomic mass is 32.2. The van der Waals surface area contributed by atoms with E-state index in [-0.39, 0.29) is 63.0 Å². The molecule has 0 saturated carbocycles. The highest BCUT2D eigenvalue weighted by Gasteiger charge is 2.32. The van der Waals surface area contributed by atoms with Gasteiger partial charge >= 0.3 is 11.7 Å². The van der Waals surface area contributed by atoms with E-state index in [1.807, 2.05) is 39.0 Å². The molecule has 3 rings (SSSR count). The third kappa shape index (κ3) is 11.6. The van der Waals surface area contributed by atoms with E-state index >= 15 is 0 Å². The van der Waals surface area contributed by atoms with Gasteiger partial charge in [0.05, 0.1) is 5.75 Å². The number of hydroxylamine groups is 2. The first-order chi connectivity index (χ1) is 24.8. The Labute approximate surface area is 309 Å². The smallest absolute Gasteiger partial charge is 0.333 e. The molecule has 1 fully saturated rings. The second kappa shape index (κ2) is 18.3. The zero-order chi connectivity index (χ0) is 39.7. The molecule has 0 bridgehead atoms. The molecule has 0 unspecified atom stereocenters. The summed E-state index contributed by atoms with van der Waals surface area (Å²) in [6, 6.07) is 5.81. The van der Waals surface area contributed by atoms with Crippen LogP contribution in [0.5, 0.6) is 5.88 Å². The number of anilines is 1. The number of hydrogen-bond donors (Lipinski definition) is 2. The third-order valence-electron chi connectivity index (χ3n) is 8.78. The van der Waals surface area contributed by atoms with Gasteiger partial charge in [0, 0.05) is 56.5 Å². The second-order valence-electron chi connectivity index (χ2n) is 13.8. The zero-order valence-electron chi connectivity index (χ0n) is 31.2. The standard InChI is InChI=1S/C37H50N4O11S/c1-7-38(8-2)27-15-17-28(25(3)23-27)26(24-30(42)37(4,5)6)14-16-29-34(46)39(36(48)40(35(29)47)21-12-22-53(49,50)51)20-11-9-10-13-33(45)52-41-31(43)18-19-32(41)44/h14-17,23-24,46H,7-13,18-22H2,1-6H3,(H,49,50,51)/b16-14+,26-24-. The summed E-state index contributed by atoms with van der Waals surface area (Å²) in [5.74, 6) is -3.52. The summed E-state index contributed by atoms with van der Waals surface area (Å²) < 4.78 is 33.7. The summed E-state index contributed by atoms with van der Waals surface area (Å²) in [5.41, 5.74) is 0.167. The first-order valence-electron chi connectivity index (χ1n) is 17.7. The van der Waals surface area contributed by atoms with Gasteiger partial charge in [0.1, 0.15) is 5.56 Å². The van der Waals surface area contributed by atoms with E-state index in [2.05, 4.69) is 4.90 Å². The molecule has 0 spiro atoms. The number of rotatable bonds is 18. The molecule has 16 heteroatoms. The van der Waals surface area contributed by atoms with Gasteiger partial charge in [0.2, 0.25) is 5.88 Å². The number of nitrogens with zero attached hydrogens (tertiary/aromatic N) is 4. The molecule has 15 nitrogen and oxygen atoms in total. The van der Waals surface area contributed by atoms with Crippen LogP contribution in [-0.2, 0) is 47.2 Å². The van der Waals surface area contributed by atoms with E-state index in [1.165, 1.54) is 18.2 Å². The lowest BCUT2D eigenvalue weighted by molar-refractivity contribution is -0.197. The SMILES string of the molecule is CCN(CC)c1ccc(C(=C\C(=O)C(C)(C)C)/C=C/c2c(O)n(CCCCCC(=O)ON3C(=O)CCC3=O)c(=O)n(CCCS(=O)(=O)O)c2=O)c(C)c1. The molecule has 0 atom stereocenters. The quantitative estimate of drug-likeness (QED) is 0.0728. The van der Waals surface area contributed by atoms with Crippen LogP contribution in [0.15, 0.2) is 39.9 Å². The number of aryl methyl sites for hydroxylation is 1. The van der Waals surface area contributed by atoms with Gasteiger partial charge in [-0.1, -0.05) is 39.3 Å². The van der Waals surface area contributed by atoms with E-state index in [0.717, 1.165) is 33.5 Å². The topological polar surface area (TPSA) is 203 Å². The largest absolute Gasteiger partial charge is 0.494 e. The van der Waals surface area contributed by atoms with Crippen molar-refractivity contribution >= 4 is 51.0 Å². The van der Waals surface area contributed by atoms with Gasteiger partial charge in [-0.15, -0.1) is 5.06 Å². The van der Waals surface area contributed by atoms with Gasteiger partial charge in [-0.05, 0) is 81.0 Å². The van der Waals surface area contributed by atoms with Gasteiger partial charge in [-0.2, -0.15) is 8.42 Å². The van der Waals surface area contributed by atoms with Crippen LogP contribution in [0.2, 0.25) is 0 Å². The number of aromatic nitrogens is 2. The van der Waals surface area contributed by atoms with Crippen molar-refractivity contribution in [1.29, 1.82) is 0 Å². The monoisotopic (exact) mass is 758 g/mol. The Morgan fingerprint density at radius 2 is 1.57 bits per heavy atom. The lowest BCUT2D eigenvalue weighted by Crippen LogP contribution is -2.41. The molecule has 2 heterocycles. The van der Waals surface area contributed by atoms with Crippen LogP contribution in [-0.4, -0.2) is 74.7 Å². The number of ketones is 1. The molecule has 1 aromatic heterocycles. The van der Waals surface area contributed by atoms with Crippen molar-refractivity contribution < 1.29 is 42.1 Å². The first kappa shape index (κ1) is 42.6. The van der Waals surface area contributed by atoms with Gasteiger partial charge in [-0.3, -0.25) is 32.9 Å². The average Bonchev–Trinajstić information content (AvgIpc) is 3.38. The van der Waals surface area contributed by atoms with E-state index in [9.17, 15) is 46.8 Å². The number of carbonyl (C=O) groups excluding carboxylic acids is 4. The Morgan fingerprint density at radius 3 is 2.13 bits per heavy atom. The molecule has 2 N–H and O–H groups in total. The summed E-state index contributed by atoms with van der Waals surface area (Å²) in [7, 11) is -4.39. The predicted octanol–water partition coefficient (Wildman–Crippen LogP) is 4.03. The number of benzene rings is 1. The van der Waals surface area contributed by atoms with E-state index in [1.54, 1.807) is 20.8 Å². The molecule has 53 heavy (non-hydrogen) atoms. The molecule has 1 aromatic carbocycles. The van der Waals surface area contributed by atoms with E-state index in [0.29, 0.717) is 22.6 Å². The van der Waals surface area contributed by atoms with Gasteiger partial charge in [0.25, 0.3) is 27.5 Å². The first-order valence-corrected chi connectivity index (χ1v) is 19.3. The molecular weight excluding hydrogens is 708 g/mol. The fourth-order valence-electron chi connectivity index (χ4n) is 5.68. The number of carbonyl (C=O) groups is 4. The van der Waals surface area contributed by atoms with E-state index < -0.39 is 56.2 Å². The lowest BCUT2D eigenvalue weighted by atomic mass is 9.88. The van der Waals surface area contributed by atoms with E-state index in [4.69, 9.17) is 4.84 Å². The Hall–Kier alpha value is -4.83. The van der Waals surface area contributed by atoms with Crippen molar-refractivity contribution in [3.8, 4) is 5.88 Å². The highest BCUT2D eigenvalue weighted by molar-refractivity contribution is 7.85. The van der Waals surface area contributed by atoms with Crippen LogP contribution in [0.4, 0.5) is 5.69 Å². The van der Waals surface area contributed by atoms with Crippen molar-refractivity contribution in [3.63, 3.8) is 0 Å². The minimum absolute atomic E-state index is 0.0319. The summed E-state index contributed by atoms with van der Waals surface area (Å²) in [6.07, 6.45) is 4.68. The molecule has 1 aliphatic rings. The molecule has 0 aliphatic carbocycles. The highest BCUT2D eigenvalue weighted by Crippen LogP contribution is 2.28. The molecular formula is C37H50N4O11S. The maximum atomic E-state index is 13.7. The van der Waals surface area contributed by atoms with Crippen LogP contribution in [0.25, 0.3) is 11.6 Å². The third-order valence-corrected chi connectivity index (χ3v) is 9.59. The molecule has 2 amide bonds. The van der Waals surface area contributed by atoms with Crippen molar-refractivity contribution in [1.82, 2.24) is 14.2 Å². The molecule has 2 aromatic rings. The van der Waals surface area contributed by atoms with Crippen molar-refractivity contribution in [2.24, 2.45) is 5.41 Å². The van der Waals surface area contributed by atoms with Crippen LogP contribution in [0.3, 0.4) is 0 Å². The average molecular weight is 759 g/mol. The molecule has 1 aliphatic heterocycles. The predicted molar refractivity (Wildman–Crippen MR) is 200 cm³/mol. The van der Waals surface area contributed by atoms with Crippen molar-refractivity contribution in [3.05, 3.63) is 67.9 Å². The summed E-state index contributed by atoms with van der Waals surface area (Å²) >= 11 is 0. The fraction of sp³-hybridized carbons (Fsp3) is 0.514. The fourth-order valence-corrected chi connectivity index (χ4v) is 6.18. The van der Waals surface area contributed by atoms with Crippen LogP contribution >= 0.6 is 0 Å². The van der Waals surface area contributed by atoms with Gasteiger partial charge < -0.3 is 14.8 Å². The van der Waals surface area contributed by atoms with Crippen molar-refractivity contribution in [2.75, 3.05) is 23.7 Å². The van der Waals surface area contributed by atoms with Gasteiger partial charge in [-0.25, -0.2) is 9.59 Å². The van der Waals surface area contributed by atoms with Gasteiger partial charge in [0.15, 0.2) is 5.78 Å². The number of aromatic hydroxyl groups is 1. The molecule has 290 valence electrons. The summed E-state index contributed by atoms with van der Waals surface area (Å²) in [6.45, 7) is 12.4.